The molecule has 2 atom stereocenters. The summed E-state index contributed by atoms with van der Waals surface area (Å²) in [4.78, 5) is 32.1. The first-order valence-corrected chi connectivity index (χ1v) is 5.25. The van der Waals surface area contributed by atoms with E-state index in [0.29, 0.717) is 0 Å². The number of amides is 1. The SMILES string of the molecule is N[C@@H](CCC(=O)N([O-])[C@@H](CS)C(=O)O)C(=O)O. The van der Waals surface area contributed by atoms with Gasteiger partial charge in [-0.25, -0.2) is 4.79 Å². The Morgan fingerprint density at radius 1 is 1.29 bits per heavy atom. The number of carboxylic acid groups (broad SMARTS) is 2. The number of carbonyl (C=O) groups excluding carboxylic acids is 1. The highest BCUT2D eigenvalue weighted by molar-refractivity contribution is 7.80. The second kappa shape index (κ2) is 7.09. The third-order valence-corrected chi connectivity index (χ3v) is 2.32. The molecule has 4 N–H and O–H groups in total. The average molecular weight is 265 g/mol. The lowest BCUT2D eigenvalue weighted by Crippen LogP contribution is -2.43. The molecule has 0 aliphatic carbocycles. The molecule has 1 amide bonds. The number of thiol groups is 1. The van der Waals surface area contributed by atoms with E-state index in [-0.39, 0.29) is 17.2 Å². The maximum atomic E-state index is 11.2. The molecule has 8 nitrogen and oxygen atoms in total. The Morgan fingerprint density at radius 3 is 2.18 bits per heavy atom. The van der Waals surface area contributed by atoms with Gasteiger partial charge in [0.1, 0.15) is 12.1 Å². The molecule has 0 aromatic carbocycles. The van der Waals surface area contributed by atoms with Gasteiger partial charge >= 0.3 is 11.9 Å². The Balaban J connectivity index is 4.31. The quantitative estimate of drug-likeness (QED) is 0.337. The van der Waals surface area contributed by atoms with Gasteiger partial charge in [-0.1, -0.05) is 0 Å². The minimum absolute atomic E-state index is 0.218. The van der Waals surface area contributed by atoms with Crippen LogP contribution in [-0.2, 0) is 14.4 Å². The normalized spacial score (nSPS) is 13.8. The van der Waals surface area contributed by atoms with Gasteiger partial charge in [-0.2, -0.15) is 12.6 Å². The molecule has 0 rings (SSSR count). The van der Waals surface area contributed by atoms with Crippen molar-refractivity contribution < 1.29 is 24.6 Å². The van der Waals surface area contributed by atoms with Crippen LogP contribution in [0.25, 0.3) is 0 Å². The molecule has 17 heavy (non-hydrogen) atoms. The zero-order valence-electron chi connectivity index (χ0n) is 8.78. The van der Waals surface area contributed by atoms with Crippen LogP contribution in [0.1, 0.15) is 12.8 Å². The largest absolute Gasteiger partial charge is 0.756 e. The van der Waals surface area contributed by atoms with E-state index in [1.54, 1.807) is 0 Å². The average Bonchev–Trinajstić information content (AvgIpc) is 2.25. The van der Waals surface area contributed by atoms with Crippen molar-refractivity contribution in [3.63, 3.8) is 0 Å². The number of hydrogen-bond donors (Lipinski definition) is 4. The number of nitrogens with zero attached hydrogens (tertiary/aromatic N) is 1. The Kier molecular flexibility index (Phi) is 6.54. The van der Waals surface area contributed by atoms with E-state index in [9.17, 15) is 19.6 Å². The minimum Gasteiger partial charge on any atom is -0.756 e. The molecule has 0 saturated carbocycles. The second-order valence-corrected chi connectivity index (χ2v) is 3.60. The summed E-state index contributed by atoms with van der Waals surface area (Å²) in [5.41, 5.74) is 5.13. The van der Waals surface area contributed by atoms with E-state index in [1.165, 1.54) is 0 Å². The maximum Gasteiger partial charge on any atom is 0.326 e. The van der Waals surface area contributed by atoms with Gasteiger partial charge in [-0.3, -0.25) is 9.59 Å². The molecular formula is C8H13N2O6S-. The maximum absolute atomic E-state index is 11.2. The van der Waals surface area contributed by atoms with Gasteiger partial charge in [0.25, 0.3) is 0 Å². The topological polar surface area (TPSA) is 144 Å². The summed E-state index contributed by atoms with van der Waals surface area (Å²) in [6.07, 6.45) is -0.652. The van der Waals surface area contributed by atoms with E-state index in [0.717, 1.165) is 0 Å². The van der Waals surface area contributed by atoms with Gasteiger partial charge < -0.3 is 26.2 Å². The first-order valence-electron chi connectivity index (χ1n) is 4.62. The van der Waals surface area contributed by atoms with Gasteiger partial charge in [0.15, 0.2) is 0 Å². The van der Waals surface area contributed by atoms with Crippen LogP contribution >= 0.6 is 12.6 Å². The highest BCUT2D eigenvalue weighted by Crippen LogP contribution is 2.06. The van der Waals surface area contributed by atoms with Crippen molar-refractivity contribution in [2.45, 2.75) is 24.9 Å². The first kappa shape index (κ1) is 15.7. The monoisotopic (exact) mass is 265 g/mol. The first-order chi connectivity index (χ1) is 7.81. The molecule has 0 heterocycles. The molecule has 0 fully saturated rings. The summed E-state index contributed by atoms with van der Waals surface area (Å²) in [5.74, 6) is -4.11. The van der Waals surface area contributed by atoms with E-state index in [4.69, 9.17) is 15.9 Å². The minimum atomic E-state index is -1.58. The third-order valence-electron chi connectivity index (χ3n) is 1.97. The van der Waals surface area contributed by atoms with Crippen LogP contribution in [0, 0.1) is 5.21 Å². The zero-order chi connectivity index (χ0) is 13.6. The van der Waals surface area contributed by atoms with E-state index < -0.39 is 36.4 Å². The fourth-order valence-corrected chi connectivity index (χ4v) is 1.24. The van der Waals surface area contributed by atoms with E-state index >= 15 is 0 Å². The summed E-state index contributed by atoms with van der Waals surface area (Å²) in [5, 5.41) is 28.1. The smallest absolute Gasteiger partial charge is 0.326 e. The Morgan fingerprint density at radius 2 is 1.82 bits per heavy atom. The Bertz CT molecular complexity index is 310. The lowest BCUT2D eigenvalue weighted by atomic mass is 10.1. The number of aliphatic carboxylic acids is 2. The molecule has 0 spiro atoms. The van der Waals surface area contributed by atoms with Crippen molar-refractivity contribution in [1.82, 2.24) is 5.06 Å². The number of nitrogens with two attached hydrogens (primary N) is 1. The molecular weight excluding hydrogens is 252 g/mol. The Labute approximate surface area is 102 Å². The number of rotatable bonds is 7. The van der Waals surface area contributed by atoms with Gasteiger partial charge in [0.05, 0.1) is 0 Å². The third kappa shape index (κ3) is 5.02. The fraction of sp³-hybridized carbons (Fsp3) is 0.625. The number of hydroxylamine groups is 2. The van der Waals surface area contributed by atoms with Crippen molar-refractivity contribution in [2.75, 3.05) is 5.75 Å². The van der Waals surface area contributed by atoms with Crippen molar-refractivity contribution in [1.29, 1.82) is 0 Å². The molecule has 0 aromatic heterocycles. The molecule has 0 radical (unpaired) electrons. The van der Waals surface area contributed by atoms with Crippen LogP contribution in [0.5, 0.6) is 0 Å². The van der Waals surface area contributed by atoms with Gasteiger partial charge in [0, 0.05) is 12.2 Å². The lowest BCUT2D eigenvalue weighted by Gasteiger charge is -2.33. The predicted molar refractivity (Wildman–Crippen MR) is 60.3 cm³/mol. The molecule has 9 heteroatoms. The summed E-state index contributed by atoms with van der Waals surface area (Å²) >= 11 is 3.64. The van der Waals surface area contributed by atoms with Gasteiger partial charge in [0.2, 0.25) is 5.91 Å². The molecule has 0 aromatic rings. The van der Waals surface area contributed by atoms with Crippen molar-refractivity contribution >= 4 is 30.5 Å². The molecule has 0 unspecified atom stereocenters. The molecule has 98 valence electrons. The van der Waals surface area contributed by atoms with Crippen LogP contribution in [-0.4, -0.2) is 51.0 Å². The van der Waals surface area contributed by atoms with Crippen LogP contribution < -0.4 is 5.73 Å². The molecule has 0 aliphatic heterocycles. The van der Waals surface area contributed by atoms with Crippen LogP contribution in [0.4, 0.5) is 0 Å². The zero-order valence-corrected chi connectivity index (χ0v) is 9.67. The summed E-state index contributed by atoms with van der Waals surface area (Å²) in [6.45, 7) is 0. The fourth-order valence-electron chi connectivity index (χ4n) is 0.939. The van der Waals surface area contributed by atoms with Crippen molar-refractivity contribution in [2.24, 2.45) is 5.73 Å². The second-order valence-electron chi connectivity index (χ2n) is 3.24. The van der Waals surface area contributed by atoms with Gasteiger partial charge in [-0.05, 0) is 6.42 Å². The summed E-state index contributed by atoms with van der Waals surface area (Å²) in [6, 6.07) is -2.83. The highest BCUT2D eigenvalue weighted by atomic mass is 32.1. The number of carbonyl (C=O) groups is 3. The summed E-state index contributed by atoms with van der Waals surface area (Å²) < 4.78 is 0. The van der Waals surface area contributed by atoms with Crippen LogP contribution in [0.2, 0.25) is 0 Å². The van der Waals surface area contributed by atoms with Crippen LogP contribution in [0.15, 0.2) is 0 Å². The van der Waals surface area contributed by atoms with Crippen LogP contribution in [0.3, 0.4) is 0 Å². The number of carboxylic acids is 2. The predicted octanol–water partition coefficient (Wildman–Crippen LogP) is -1.11. The van der Waals surface area contributed by atoms with Crippen molar-refractivity contribution in [3.05, 3.63) is 5.21 Å². The van der Waals surface area contributed by atoms with E-state index in [1.807, 2.05) is 0 Å². The van der Waals surface area contributed by atoms with Crippen molar-refractivity contribution in [3.8, 4) is 0 Å². The van der Waals surface area contributed by atoms with Gasteiger partial charge in [-0.15, -0.1) is 0 Å². The molecule has 0 saturated heterocycles. The summed E-state index contributed by atoms with van der Waals surface area (Å²) in [7, 11) is 0. The standard InChI is InChI=1S/C8H13N2O6S/c9-4(7(12)13)1-2-6(11)10(16)5(3-17)8(14)15/h4-5,17H,1-3,9H2,(H,12,13)(H,14,15)/q-1/t4-,5-/m0/s1. The Hall–Kier alpha value is -1.32. The molecule has 0 aliphatic rings. The lowest BCUT2D eigenvalue weighted by molar-refractivity contribution is -0.147. The molecule has 0 bridgehead atoms. The highest BCUT2D eigenvalue weighted by Gasteiger charge is 2.22. The van der Waals surface area contributed by atoms with E-state index in [2.05, 4.69) is 12.6 Å². The number of hydrogen-bond acceptors (Lipinski definition) is 6.